The molecule has 24 heavy (non-hydrogen) atoms. The van der Waals surface area contributed by atoms with Gasteiger partial charge in [0.2, 0.25) is 0 Å². The minimum atomic E-state index is -0.387. The van der Waals surface area contributed by atoms with E-state index in [9.17, 15) is 10.1 Å². The van der Waals surface area contributed by atoms with Crippen molar-refractivity contribution in [3.63, 3.8) is 0 Å². The zero-order valence-electron chi connectivity index (χ0n) is 15.2. The summed E-state index contributed by atoms with van der Waals surface area (Å²) in [6.45, 7) is 11.9. The largest absolute Gasteiger partial charge is 0.271 e. The molecule has 0 N–H and O–H groups in total. The minimum Gasteiger partial charge on any atom is -0.258 e. The lowest BCUT2D eigenvalue weighted by Gasteiger charge is -2.04. The van der Waals surface area contributed by atoms with E-state index < -0.39 is 0 Å². The maximum absolute atomic E-state index is 10.9. The highest BCUT2D eigenvalue weighted by Crippen LogP contribution is 2.26. The summed E-state index contributed by atoms with van der Waals surface area (Å²) in [6, 6.07) is 12.7. The number of nitrogens with zero attached hydrogens (tertiary/aromatic N) is 3. The number of aromatic nitrogens is 2. The maximum Gasteiger partial charge on any atom is 0.271 e. The van der Waals surface area contributed by atoms with Gasteiger partial charge in [-0.05, 0) is 37.6 Å². The van der Waals surface area contributed by atoms with E-state index in [-0.39, 0.29) is 10.6 Å². The summed E-state index contributed by atoms with van der Waals surface area (Å²) in [6.07, 6.45) is 0. The normalized spacial score (nSPS) is 9.58. The van der Waals surface area contributed by atoms with Gasteiger partial charge in [0, 0.05) is 17.5 Å². The van der Waals surface area contributed by atoms with E-state index in [4.69, 9.17) is 0 Å². The zero-order valence-corrected chi connectivity index (χ0v) is 15.2. The average molecular weight is 327 g/mol. The summed E-state index contributed by atoms with van der Waals surface area (Å²) in [4.78, 5) is 10.5. The second-order valence-electron chi connectivity index (χ2n) is 4.79. The number of nitro benzene ring substituents is 1. The molecule has 0 radical (unpaired) electrons. The van der Waals surface area contributed by atoms with Crippen molar-refractivity contribution in [1.82, 2.24) is 9.78 Å². The summed E-state index contributed by atoms with van der Waals surface area (Å²) in [5, 5.41) is 16.4. The molecular formula is C19H25N3O2. The average Bonchev–Trinajstić information content (AvgIpc) is 2.95. The molecule has 0 saturated carbocycles. The van der Waals surface area contributed by atoms with Crippen LogP contribution < -0.4 is 0 Å². The molecule has 1 heterocycles. The first kappa shape index (κ1) is 19.4. The van der Waals surface area contributed by atoms with Crippen LogP contribution >= 0.6 is 0 Å². The van der Waals surface area contributed by atoms with Gasteiger partial charge in [0.15, 0.2) is 0 Å². The Labute approximate surface area is 143 Å². The quantitative estimate of drug-likeness (QED) is 0.454. The van der Waals surface area contributed by atoms with Gasteiger partial charge in [0.1, 0.15) is 0 Å². The van der Waals surface area contributed by atoms with E-state index in [0.717, 1.165) is 27.8 Å². The first-order valence-electron chi connectivity index (χ1n) is 8.27. The molecule has 0 unspecified atom stereocenters. The van der Waals surface area contributed by atoms with Crippen LogP contribution in [0.4, 0.5) is 5.69 Å². The number of hydrogen-bond donors (Lipinski definition) is 0. The lowest BCUT2D eigenvalue weighted by Crippen LogP contribution is -1.97. The Hall–Kier alpha value is -2.69. The third-order valence-electron chi connectivity index (χ3n) is 3.31. The fourth-order valence-electron chi connectivity index (χ4n) is 2.33. The van der Waals surface area contributed by atoms with E-state index in [1.807, 2.05) is 65.8 Å². The van der Waals surface area contributed by atoms with E-state index in [2.05, 4.69) is 5.10 Å². The molecule has 0 atom stereocenters. The van der Waals surface area contributed by atoms with Crippen molar-refractivity contribution < 1.29 is 4.92 Å². The first-order chi connectivity index (χ1) is 11.6. The van der Waals surface area contributed by atoms with Crippen LogP contribution in [-0.4, -0.2) is 14.7 Å². The van der Waals surface area contributed by atoms with E-state index in [1.54, 1.807) is 16.8 Å². The van der Waals surface area contributed by atoms with Crippen molar-refractivity contribution in [2.75, 3.05) is 0 Å². The molecular weight excluding hydrogens is 302 g/mol. The Morgan fingerprint density at radius 3 is 2.25 bits per heavy atom. The molecule has 0 fully saturated rings. The van der Waals surface area contributed by atoms with Crippen LogP contribution in [0, 0.1) is 24.0 Å². The number of hydrogen-bond acceptors (Lipinski definition) is 3. The molecule has 0 bridgehead atoms. The van der Waals surface area contributed by atoms with Crippen molar-refractivity contribution in [1.29, 1.82) is 0 Å². The molecule has 0 amide bonds. The van der Waals surface area contributed by atoms with Gasteiger partial charge < -0.3 is 0 Å². The molecule has 0 aliphatic carbocycles. The molecule has 2 aromatic carbocycles. The van der Waals surface area contributed by atoms with Crippen molar-refractivity contribution in [3.05, 3.63) is 63.8 Å². The molecule has 1 aromatic heterocycles. The number of non-ortho nitro benzene ring substituents is 1. The predicted molar refractivity (Wildman–Crippen MR) is 99.9 cm³/mol. The topological polar surface area (TPSA) is 61.0 Å². The molecule has 0 saturated heterocycles. The highest BCUT2D eigenvalue weighted by molar-refractivity contribution is 5.85. The molecule has 0 aliphatic rings. The predicted octanol–water partition coefficient (Wildman–Crippen LogP) is 5.60. The highest BCUT2D eigenvalue weighted by atomic mass is 16.6. The first-order valence-corrected chi connectivity index (χ1v) is 8.27. The Kier molecular flexibility index (Phi) is 7.11. The smallest absolute Gasteiger partial charge is 0.258 e. The van der Waals surface area contributed by atoms with Crippen molar-refractivity contribution >= 4 is 16.6 Å². The Bertz CT molecular complexity index is 823. The van der Waals surface area contributed by atoms with Gasteiger partial charge in [-0.25, -0.2) is 4.68 Å². The molecule has 128 valence electrons. The Morgan fingerprint density at radius 2 is 1.67 bits per heavy atom. The molecule has 0 aliphatic heterocycles. The summed E-state index contributed by atoms with van der Waals surface area (Å²) >= 11 is 0. The third kappa shape index (κ3) is 3.98. The van der Waals surface area contributed by atoms with Crippen LogP contribution in [0.25, 0.3) is 16.6 Å². The molecule has 5 heteroatoms. The molecule has 3 aromatic rings. The van der Waals surface area contributed by atoms with E-state index in [0.29, 0.717) is 0 Å². The van der Waals surface area contributed by atoms with Crippen LogP contribution in [0.1, 0.15) is 39.0 Å². The number of nitro groups is 1. The van der Waals surface area contributed by atoms with E-state index in [1.165, 1.54) is 6.07 Å². The lowest BCUT2D eigenvalue weighted by molar-refractivity contribution is -0.384. The van der Waals surface area contributed by atoms with Gasteiger partial charge in [-0.3, -0.25) is 10.1 Å². The molecule has 5 nitrogen and oxygen atoms in total. The van der Waals surface area contributed by atoms with Gasteiger partial charge >= 0.3 is 0 Å². The zero-order chi connectivity index (χ0) is 18.3. The maximum atomic E-state index is 10.9. The number of fused-ring (bicyclic) bond motifs is 1. The SMILES string of the molecule is CC.CC.Cc1cccc(-n2nc(C)c3ccc([N+](=O)[O-])cc32)c1. The van der Waals surface area contributed by atoms with E-state index >= 15 is 0 Å². The van der Waals surface area contributed by atoms with Gasteiger partial charge in [0.05, 0.1) is 21.8 Å². The highest BCUT2D eigenvalue weighted by Gasteiger charge is 2.13. The second-order valence-corrected chi connectivity index (χ2v) is 4.79. The summed E-state index contributed by atoms with van der Waals surface area (Å²) in [5.74, 6) is 0. The standard InChI is InChI=1S/C15H13N3O2.2C2H6/c1-10-4-3-5-12(8-10)17-15-9-13(18(19)20)6-7-14(15)11(2)16-17;2*1-2/h3-9H,1-2H3;2*1-2H3. The van der Waals surface area contributed by atoms with Gasteiger partial charge in [0.25, 0.3) is 5.69 Å². The van der Waals surface area contributed by atoms with Gasteiger partial charge in [-0.1, -0.05) is 39.8 Å². The Balaban J connectivity index is 0.000000671. The van der Waals surface area contributed by atoms with Crippen LogP contribution in [0.2, 0.25) is 0 Å². The number of aryl methyl sites for hydroxylation is 2. The van der Waals surface area contributed by atoms with Crippen LogP contribution in [-0.2, 0) is 0 Å². The fraction of sp³-hybridized carbons (Fsp3) is 0.316. The van der Waals surface area contributed by atoms with Crippen LogP contribution in [0.3, 0.4) is 0 Å². The Morgan fingerprint density at radius 1 is 1.00 bits per heavy atom. The van der Waals surface area contributed by atoms with Crippen molar-refractivity contribution in [2.24, 2.45) is 0 Å². The molecule has 0 spiro atoms. The van der Waals surface area contributed by atoms with Crippen LogP contribution in [0.5, 0.6) is 0 Å². The van der Waals surface area contributed by atoms with Crippen molar-refractivity contribution in [2.45, 2.75) is 41.5 Å². The summed E-state index contributed by atoms with van der Waals surface area (Å²) in [7, 11) is 0. The minimum absolute atomic E-state index is 0.0753. The fourth-order valence-corrected chi connectivity index (χ4v) is 2.33. The summed E-state index contributed by atoms with van der Waals surface area (Å²) < 4.78 is 1.75. The third-order valence-corrected chi connectivity index (χ3v) is 3.31. The summed E-state index contributed by atoms with van der Waals surface area (Å²) in [5.41, 5.74) is 3.71. The number of benzene rings is 2. The lowest BCUT2D eigenvalue weighted by atomic mass is 10.2. The van der Waals surface area contributed by atoms with Gasteiger partial charge in [-0.15, -0.1) is 0 Å². The van der Waals surface area contributed by atoms with Gasteiger partial charge in [-0.2, -0.15) is 5.10 Å². The second kappa shape index (κ2) is 8.82. The monoisotopic (exact) mass is 327 g/mol. The van der Waals surface area contributed by atoms with Crippen molar-refractivity contribution in [3.8, 4) is 5.69 Å². The van der Waals surface area contributed by atoms with Crippen LogP contribution in [0.15, 0.2) is 42.5 Å². The molecule has 3 rings (SSSR count). The number of rotatable bonds is 2.